The summed E-state index contributed by atoms with van der Waals surface area (Å²) in [7, 11) is -3.45. The van der Waals surface area contributed by atoms with Crippen molar-refractivity contribution in [2.45, 2.75) is 37.0 Å². The molecule has 4 nitrogen and oxygen atoms in total. The zero-order chi connectivity index (χ0) is 16.7. The molecule has 0 unspecified atom stereocenters. The number of carbonyl (C=O) groups is 1. The molecule has 1 N–H and O–H groups in total. The monoisotopic (exact) mass is 345 g/mol. The van der Waals surface area contributed by atoms with Crippen LogP contribution in [0.1, 0.15) is 37.7 Å². The Morgan fingerprint density at radius 1 is 0.958 bits per heavy atom. The predicted octanol–water partition coefficient (Wildman–Crippen LogP) is 3.00. The van der Waals surface area contributed by atoms with E-state index in [1.807, 2.05) is 12.1 Å². The Bertz CT molecular complexity index is 734. The molecule has 0 radical (unpaired) electrons. The topological polar surface area (TPSA) is 63.2 Å². The third-order valence-electron chi connectivity index (χ3n) is 6.01. The number of sulfone groups is 1. The summed E-state index contributed by atoms with van der Waals surface area (Å²) in [5, 5.41) is 2.22. The van der Waals surface area contributed by atoms with Gasteiger partial charge in [-0.25, -0.2) is 8.42 Å². The zero-order valence-corrected chi connectivity index (χ0v) is 14.5. The molecule has 4 saturated carbocycles. The minimum Gasteiger partial charge on any atom is -0.344 e. The molecule has 5 heteroatoms. The third kappa shape index (κ3) is 2.90. The highest BCUT2D eigenvalue weighted by atomic mass is 32.2. The Hall–Kier alpha value is -1.62. The maximum atomic E-state index is 12.1. The van der Waals surface area contributed by atoms with Gasteiger partial charge in [-0.2, -0.15) is 0 Å². The molecule has 24 heavy (non-hydrogen) atoms. The second-order valence-corrected chi connectivity index (χ2v) is 9.59. The summed E-state index contributed by atoms with van der Waals surface area (Å²) in [6.45, 7) is 0. The molecule has 0 spiro atoms. The Morgan fingerprint density at radius 3 is 2.08 bits per heavy atom. The summed E-state index contributed by atoms with van der Waals surface area (Å²) in [4.78, 5) is 10.6. The summed E-state index contributed by atoms with van der Waals surface area (Å²) >= 11 is 0. The van der Waals surface area contributed by atoms with Crippen molar-refractivity contribution in [3.63, 3.8) is 0 Å². The van der Waals surface area contributed by atoms with Gasteiger partial charge in [0.15, 0.2) is 9.84 Å². The maximum absolute atomic E-state index is 12.1. The highest BCUT2D eigenvalue weighted by molar-refractivity contribution is 7.91. The quantitative estimate of drug-likeness (QED) is 0.835. The molecular formula is C19H23NO3S. The van der Waals surface area contributed by atoms with E-state index in [1.165, 1.54) is 32.1 Å². The van der Waals surface area contributed by atoms with Crippen LogP contribution in [-0.2, 0) is 14.6 Å². The van der Waals surface area contributed by atoms with Gasteiger partial charge in [0.25, 0.3) is 0 Å². The second kappa shape index (κ2) is 6.03. The first kappa shape index (κ1) is 15.9. The number of rotatable bonds is 5. The normalized spacial score (nSPS) is 31.1. The van der Waals surface area contributed by atoms with E-state index in [0.29, 0.717) is 6.41 Å². The van der Waals surface area contributed by atoms with Gasteiger partial charge in [-0.3, -0.25) is 4.79 Å². The van der Waals surface area contributed by atoms with Crippen LogP contribution in [0.4, 0.5) is 0 Å². The van der Waals surface area contributed by atoms with Gasteiger partial charge in [-0.1, -0.05) is 23.8 Å². The molecular weight excluding hydrogens is 322 g/mol. The van der Waals surface area contributed by atoms with Crippen molar-refractivity contribution in [2.24, 2.45) is 23.7 Å². The van der Waals surface area contributed by atoms with Crippen LogP contribution in [0.5, 0.6) is 0 Å². The van der Waals surface area contributed by atoms with Crippen molar-refractivity contribution in [3.8, 4) is 0 Å². The number of hydrogen-bond acceptors (Lipinski definition) is 3. The van der Waals surface area contributed by atoms with Crippen molar-refractivity contribution in [1.82, 2.24) is 5.32 Å². The fourth-order valence-electron chi connectivity index (χ4n) is 5.15. The molecule has 0 aliphatic heterocycles. The van der Waals surface area contributed by atoms with Gasteiger partial charge in [-0.15, -0.1) is 0 Å². The van der Waals surface area contributed by atoms with E-state index in [0.717, 1.165) is 29.2 Å². The average Bonchev–Trinajstić information content (AvgIpc) is 2.56. The van der Waals surface area contributed by atoms with E-state index >= 15 is 0 Å². The molecule has 4 bridgehead atoms. The lowest BCUT2D eigenvalue weighted by Gasteiger charge is -2.51. The molecule has 1 aromatic rings. The SMILES string of the molecule is O=CNCS(=O)(=O)c1ccc(C=C2C3CC4CC(C3)CC2C4)cc1. The van der Waals surface area contributed by atoms with Gasteiger partial charge in [0.1, 0.15) is 5.88 Å². The van der Waals surface area contributed by atoms with Gasteiger partial charge in [0, 0.05) is 0 Å². The van der Waals surface area contributed by atoms with Crippen LogP contribution in [-0.4, -0.2) is 20.7 Å². The summed E-state index contributed by atoms with van der Waals surface area (Å²) in [5.41, 5.74) is 2.68. The molecule has 5 rings (SSSR count). The largest absolute Gasteiger partial charge is 0.344 e. The van der Waals surface area contributed by atoms with Gasteiger partial charge in [0.05, 0.1) is 4.90 Å². The van der Waals surface area contributed by atoms with Gasteiger partial charge >= 0.3 is 0 Å². The number of nitrogens with one attached hydrogen (secondary N) is 1. The van der Waals surface area contributed by atoms with E-state index in [1.54, 1.807) is 17.7 Å². The number of benzene rings is 1. The fourth-order valence-corrected chi connectivity index (χ4v) is 6.16. The van der Waals surface area contributed by atoms with E-state index < -0.39 is 9.84 Å². The van der Waals surface area contributed by atoms with Crippen molar-refractivity contribution < 1.29 is 13.2 Å². The van der Waals surface area contributed by atoms with E-state index in [2.05, 4.69) is 11.4 Å². The van der Waals surface area contributed by atoms with Crippen LogP contribution in [0, 0.1) is 23.7 Å². The first-order valence-corrected chi connectivity index (χ1v) is 10.4. The van der Waals surface area contributed by atoms with Crippen LogP contribution in [0.3, 0.4) is 0 Å². The number of amides is 1. The van der Waals surface area contributed by atoms with Crippen LogP contribution in [0.15, 0.2) is 34.7 Å². The minimum atomic E-state index is -3.45. The molecule has 4 aliphatic carbocycles. The first-order chi connectivity index (χ1) is 11.5. The van der Waals surface area contributed by atoms with Crippen LogP contribution >= 0.6 is 0 Å². The standard InChI is InChI=1S/C19H23NO3S/c21-11-20-12-24(22,23)18-3-1-13(2-4-18)10-19-16-6-14-5-15(8-16)9-17(19)7-14/h1-4,10-11,14-17H,5-9,12H2,(H,20,21). The summed E-state index contributed by atoms with van der Waals surface area (Å²) in [6, 6.07) is 7.05. The molecule has 128 valence electrons. The van der Waals surface area contributed by atoms with Crippen molar-refractivity contribution in [2.75, 3.05) is 5.88 Å². The second-order valence-electron chi connectivity index (χ2n) is 7.60. The van der Waals surface area contributed by atoms with Crippen LogP contribution in [0.2, 0.25) is 0 Å². The molecule has 0 atom stereocenters. The highest BCUT2D eigenvalue weighted by Crippen LogP contribution is 2.56. The average molecular weight is 345 g/mol. The summed E-state index contributed by atoms with van der Waals surface area (Å²) < 4.78 is 24.1. The molecule has 0 saturated heterocycles. The maximum Gasteiger partial charge on any atom is 0.207 e. The van der Waals surface area contributed by atoms with Gasteiger partial charge < -0.3 is 5.32 Å². The smallest absolute Gasteiger partial charge is 0.207 e. The lowest BCUT2D eigenvalue weighted by molar-refractivity contribution is -0.109. The number of allylic oxidation sites excluding steroid dienone is 1. The Balaban J connectivity index is 1.54. The number of carbonyl (C=O) groups excluding carboxylic acids is 1. The molecule has 4 fully saturated rings. The summed E-state index contributed by atoms with van der Waals surface area (Å²) in [5.74, 6) is 3.04. The zero-order valence-electron chi connectivity index (χ0n) is 13.6. The number of hydrogen-bond donors (Lipinski definition) is 1. The Labute approximate surface area is 143 Å². The van der Waals surface area contributed by atoms with Crippen LogP contribution < -0.4 is 5.32 Å². The van der Waals surface area contributed by atoms with E-state index in [4.69, 9.17) is 0 Å². The van der Waals surface area contributed by atoms with Crippen molar-refractivity contribution in [3.05, 3.63) is 35.4 Å². The Morgan fingerprint density at radius 2 is 1.54 bits per heavy atom. The van der Waals surface area contributed by atoms with Gasteiger partial charge in [0.2, 0.25) is 6.41 Å². The first-order valence-electron chi connectivity index (χ1n) is 8.76. The van der Waals surface area contributed by atoms with Crippen molar-refractivity contribution >= 4 is 22.3 Å². The third-order valence-corrected chi connectivity index (χ3v) is 7.55. The molecule has 1 aromatic carbocycles. The van der Waals surface area contributed by atoms with Crippen LogP contribution in [0.25, 0.3) is 6.08 Å². The van der Waals surface area contributed by atoms with E-state index in [9.17, 15) is 13.2 Å². The van der Waals surface area contributed by atoms with Gasteiger partial charge in [-0.05, 0) is 73.5 Å². The highest BCUT2D eigenvalue weighted by Gasteiger charge is 2.44. The molecule has 0 heterocycles. The molecule has 0 aromatic heterocycles. The lowest BCUT2D eigenvalue weighted by atomic mass is 9.54. The molecule has 4 aliphatic rings. The minimum absolute atomic E-state index is 0.254. The van der Waals surface area contributed by atoms with E-state index in [-0.39, 0.29) is 10.8 Å². The lowest BCUT2D eigenvalue weighted by Crippen LogP contribution is -2.40. The molecule has 1 amide bonds. The fraction of sp³-hybridized carbons (Fsp3) is 0.526. The summed E-state index contributed by atoms with van der Waals surface area (Å²) in [6.07, 6.45) is 9.55. The predicted molar refractivity (Wildman–Crippen MR) is 92.7 cm³/mol. The van der Waals surface area contributed by atoms with Crippen molar-refractivity contribution in [1.29, 1.82) is 0 Å². The Kier molecular flexibility index (Phi) is 3.99.